The van der Waals surface area contributed by atoms with Crippen molar-refractivity contribution in [1.82, 2.24) is 0 Å². The molecule has 4 nitrogen and oxygen atoms in total. The molecular formula is C15H11Cl2NO3. The van der Waals surface area contributed by atoms with Crippen LogP contribution in [0, 0.1) is 0 Å². The average molecular weight is 324 g/mol. The van der Waals surface area contributed by atoms with Crippen LogP contribution in [-0.4, -0.2) is 18.8 Å². The van der Waals surface area contributed by atoms with Crippen molar-refractivity contribution in [1.29, 1.82) is 0 Å². The summed E-state index contributed by atoms with van der Waals surface area (Å²) in [6, 6.07) is 11.5. The molecule has 0 atom stereocenters. The van der Waals surface area contributed by atoms with E-state index in [9.17, 15) is 9.59 Å². The second-order valence-electron chi connectivity index (χ2n) is 4.12. The Morgan fingerprint density at radius 2 is 1.95 bits per heavy atom. The number of amides is 1. The molecular weight excluding hydrogens is 313 g/mol. The van der Waals surface area contributed by atoms with Crippen LogP contribution in [0.1, 0.15) is 10.4 Å². The van der Waals surface area contributed by atoms with Gasteiger partial charge in [0.1, 0.15) is 5.75 Å². The summed E-state index contributed by atoms with van der Waals surface area (Å²) in [5, 5.41) is 3.43. The molecule has 0 bridgehead atoms. The lowest BCUT2D eigenvalue weighted by molar-refractivity contribution is -0.118. The van der Waals surface area contributed by atoms with Crippen LogP contribution in [0.4, 0.5) is 5.69 Å². The first-order chi connectivity index (χ1) is 10.1. The fraction of sp³-hybridized carbons (Fsp3) is 0.0667. The first-order valence-corrected chi connectivity index (χ1v) is 6.77. The lowest BCUT2D eigenvalue weighted by Gasteiger charge is -2.10. The zero-order chi connectivity index (χ0) is 15.2. The van der Waals surface area contributed by atoms with Crippen molar-refractivity contribution < 1.29 is 14.3 Å². The molecule has 0 aliphatic heterocycles. The first kappa shape index (κ1) is 15.4. The predicted molar refractivity (Wildman–Crippen MR) is 82.4 cm³/mol. The van der Waals surface area contributed by atoms with Crippen LogP contribution in [0.15, 0.2) is 42.5 Å². The number of nitrogens with one attached hydrogen (secondary N) is 1. The number of halogens is 2. The molecule has 0 saturated carbocycles. The van der Waals surface area contributed by atoms with Gasteiger partial charge in [0.2, 0.25) is 0 Å². The first-order valence-electron chi connectivity index (χ1n) is 6.02. The standard InChI is InChI=1S/C15H11Cl2NO3/c16-10-3-1-4-11(7-10)18-15(20)9-21-14-6-2-5-13(17)12(14)8-19/h1-8H,9H2,(H,18,20). The number of rotatable bonds is 5. The highest BCUT2D eigenvalue weighted by atomic mass is 35.5. The fourth-order valence-electron chi connectivity index (χ4n) is 1.66. The van der Waals surface area contributed by atoms with Crippen molar-refractivity contribution >= 4 is 41.1 Å². The van der Waals surface area contributed by atoms with E-state index >= 15 is 0 Å². The normalized spacial score (nSPS) is 10.0. The zero-order valence-corrected chi connectivity index (χ0v) is 12.3. The van der Waals surface area contributed by atoms with Gasteiger partial charge in [0.05, 0.1) is 10.6 Å². The van der Waals surface area contributed by atoms with Crippen LogP contribution < -0.4 is 10.1 Å². The number of hydrogen-bond donors (Lipinski definition) is 1. The summed E-state index contributed by atoms with van der Waals surface area (Å²) in [6.45, 7) is -0.242. The predicted octanol–water partition coefficient (Wildman–Crippen LogP) is 3.82. The van der Waals surface area contributed by atoms with Crippen molar-refractivity contribution in [2.75, 3.05) is 11.9 Å². The monoisotopic (exact) mass is 323 g/mol. The number of benzene rings is 2. The van der Waals surface area contributed by atoms with E-state index in [0.29, 0.717) is 17.0 Å². The van der Waals surface area contributed by atoms with Gasteiger partial charge in [-0.1, -0.05) is 35.3 Å². The largest absolute Gasteiger partial charge is 0.483 e. The SMILES string of the molecule is O=Cc1c(Cl)cccc1OCC(=O)Nc1cccc(Cl)c1. The molecule has 0 aromatic heterocycles. The van der Waals surface area contributed by atoms with E-state index in [1.54, 1.807) is 42.5 Å². The van der Waals surface area contributed by atoms with E-state index in [1.165, 1.54) is 0 Å². The minimum atomic E-state index is -0.367. The quantitative estimate of drug-likeness (QED) is 0.851. The van der Waals surface area contributed by atoms with Crippen LogP contribution >= 0.6 is 23.2 Å². The smallest absolute Gasteiger partial charge is 0.262 e. The maximum atomic E-state index is 11.8. The van der Waals surface area contributed by atoms with Gasteiger partial charge in [0.15, 0.2) is 12.9 Å². The van der Waals surface area contributed by atoms with Gasteiger partial charge in [0, 0.05) is 10.7 Å². The van der Waals surface area contributed by atoms with Crippen LogP contribution in [0.2, 0.25) is 10.0 Å². The van der Waals surface area contributed by atoms with Gasteiger partial charge in [0.25, 0.3) is 5.91 Å². The Bertz CT molecular complexity index is 674. The number of carbonyl (C=O) groups excluding carboxylic acids is 2. The Labute approximate surface area is 131 Å². The highest BCUT2D eigenvalue weighted by molar-refractivity contribution is 6.33. The number of anilines is 1. The summed E-state index contributed by atoms with van der Waals surface area (Å²) in [5.74, 6) is -0.104. The highest BCUT2D eigenvalue weighted by Crippen LogP contribution is 2.24. The zero-order valence-electron chi connectivity index (χ0n) is 10.8. The topological polar surface area (TPSA) is 55.4 Å². The molecule has 2 aromatic carbocycles. The van der Waals surface area contributed by atoms with Crippen LogP contribution in [0.3, 0.4) is 0 Å². The van der Waals surface area contributed by atoms with Crippen LogP contribution in [0.25, 0.3) is 0 Å². The third-order valence-electron chi connectivity index (χ3n) is 2.60. The molecule has 1 N–H and O–H groups in total. The van der Waals surface area contributed by atoms with E-state index in [-0.39, 0.29) is 28.8 Å². The highest BCUT2D eigenvalue weighted by Gasteiger charge is 2.09. The number of hydrogen-bond acceptors (Lipinski definition) is 3. The Kier molecular flexibility index (Phi) is 5.20. The summed E-state index contributed by atoms with van der Waals surface area (Å²) >= 11 is 11.7. The molecule has 0 fully saturated rings. The van der Waals surface area contributed by atoms with E-state index in [1.807, 2.05) is 0 Å². The molecule has 6 heteroatoms. The molecule has 0 saturated heterocycles. The lowest BCUT2D eigenvalue weighted by atomic mass is 10.2. The minimum Gasteiger partial charge on any atom is -0.483 e. The van der Waals surface area contributed by atoms with E-state index < -0.39 is 0 Å². The molecule has 0 heterocycles. The Balaban J connectivity index is 1.99. The van der Waals surface area contributed by atoms with Crippen LogP contribution in [-0.2, 0) is 4.79 Å². The van der Waals surface area contributed by atoms with E-state index in [4.69, 9.17) is 27.9 Å². The summed E-state index contributed by atoms with van der Waals surface area (Å²) in [6.07, 6.45) is 0.590. The molecule has 0 radical (unpaired) electrons. The van der Waals surface area contributed by atoms with Gasteiger partial charge < -0.3 is 10.1 Å². The summed E-state index contributed by atoms with van der Waals surface area (Å²) in [4.78, 5) is 22.7. The number of carbonyl (C=O) groups is 2. The Morgan fingerprint density at radius 1 is 1.19 bits per heavy atom. The second kappa shape index (κ2) is 7.11. The fourth-order valence-corrected chi connectivity index (χ4v) is 2.06. The maximum absolute atomic E-state index is 11.8. The average Bonchev–Trinajstić information content (AvgIpc) is 2.45. The lowest BCUT2D eigenvalue weighted by Crippen LogP contribution is -2.20. The van der Waals surface area contributed by atoms with Gasteiger partial charge in [-0.3, -0.25) is 9.59 Å². The van der Waals surface area contributed by atoms with Crippen molar-refractivity contribution in [2.24, 2.45) is 0 Å². The third-order valence-corrected chi connectivity index (χ3v) is 3.16. The molecule has 21 heavy (non-hydrogen) atoms. The molecule has 108 valence electrons. The molecule has 0 aliphatic carbocycles. The van der Waals surface area contributed by atoms with Gasteiger partial charge >= 0.3 is 0 Å². The molecule has 2 rings (SSSR count). The summed E-state index contributed by atoms with van der Waals surface area (Å²) in [7, 11) is 0. The molecule has 0 aliphatic rings. The second-order valence-corrected chi connectivity index (χ2v) is 4.96. The van der Waals surface area contributed by atoms with Crippen molar-refractivity contribution in [3.8, 4) is 5.75 Å². The van der Waals surface area contributed by atoms with E-state index in [0.717, 1.165) is 0 Å². The van der Waals surface area contributed by atoms with Crippen LogP contribution in [0.5, 0.6) is 5.75 Å². The van der Waals surface area contributed by atoms with Gasteiger partial charge in [-0.15, -0.1) is 0 Å². The Morgan fingerprint density at radius 3 is 2.67 bits per heavy atom. The summed E-state index contributed by atoms with van der Waals surface area (Å²) < 4.78 is 5.31. The molecule has 0 unspecified atom stereocenters. The molecule has 1 amide bonds. The van der Waals surface area contributed by atoms with E-state index in [2.05, 4.69) is 5.32 Å². The molecule has 0 spiro atoms. The Hall–Kier alpha value is -2.04. The maximum Gasteiger partial charge on any atom is 0.262 e. The third kappa shape index (κ3) is 4.21. The number of aldehydes is 1. The van der Waals surface area contributed by atoms with Crippen molar-refractivity contribution in [3.05, 3.63) is 58.1 Å². The van der Waals surface area contributed by atoms with Gasteiger partial charge in [-0.05, 0) is 30.3 Å². The summed E-state index contributed by atoms with van der Waals surface area (Å²) in [5.41, 5.74) is 0.785. The van der Waals surface area contributed by atoms with Crippen molar-refractivity contribution in [3.63, 3.8) is 0 Å². The number of ether oxygens (including phenoxy) is 1. The van der Waals surface area contributed by atoms with Gasteiger partial charge in [-0.2, -0.15) is 0 Å². The molecule has 2 aromatic rings. The van der Waals surface area contributed by atoms with Crippen molar-refractivity contribution in [2.45, 2.75) is 0 Å². The minimum absolute atomic E-state index is 0.217. The van der Waals surface area contributed by atoms with Gasteiger partial charge in [-0.25, -0.2) is 0 Å².